The van der Waals surface area contributed by atoms with E-state index >= 15 is 0 Å². The van der Waals surface area contributed by atoms with Crippen LogP contribution in [0.15, 0.2) is 47.0 Å². The molecule has 0 atom stereocenters. The van der Waals surface area contributed by atoms with Gasteiger partial charge in [-0.2, -0.15) is 0 Å². The Kier molecular flexibility index (Phi) is 3.43. The first-order valence-electron chi connectivity index (χ1n) is 6.23. The molecule has 4 nitrogen and oxygen atoms in total. The van der Waals surface area contributed by atoms with Crippen molar-refractivity contribution in [2.75, 3.05) is 0 Å². The quantitative estimate of drug-likeness (QED) is 0.487. The molecule has 3 heterocycles. The van der Waals surface area contributed by atoms with Crippen LogP contribution >= 0.6 is 11.3 Å². The summed E-state index contributed by atoms with van der Waals surface area (Å²) in [5.74, 6) is 0.723. The van der Waals surface area contributed by atoms with Crippen LogP contribution in [0.3, 0.4) is 0 Å². The van der Waals surface area contributed by atoms with Crippen LogP contribution in [0.4, 0.5) is 0 Å². The van der Waals surface area contributed by atoms with Gasteiger partial charge in [-0.25, -0.2) is 15.0 Å². The summed E-state index contributed by atoms with van der Waals surface area (Å²) in [4.78, 5) is 12.5. The minimum absolute atomic E-state index is 0.723. The monoisotopic (exact) mass is 283 g/mol. The zero-order valence-electron chi connectivity index (χ0n) is 11.2. The molecule has 0 radical (unpaired) electrons. The molecular weight excluding hydrogens is 270 g/mol. The van der Waals surface area contributed by atoms with Gasteiger partial charge in [0.25, 0.3) is 0 Å². The van der Waals surface area contributed by atoms with Gasteiger partial charge in [-0.3, -0.25) is 0 Å². The second kappa shape index (κ2) is 5.38. The minimum Gasteiger partial charge on any atom is -0.441 e. The van der Waals surface area contributed by atoms with E-state index in [4.69, 9.17) is 4.42 Å². The SMILES string of the molecule is Cc1nc2ccccc2o1.Cc1nc2ncccc2s1. The fraction of sp³-hybridized carbons (Fsp3) is 0.133. The van der Waals surface area contributed by atoms with E-state index in [1.54, 1.807) is 17.5 Å². The van der Waals surface area contributed by atoms with Crippen molar-refractivity contribution in [3.8, 4) is 0 Å². The second-order valence-corrected chi connectivity index (χ2v) is 5.49. The minimum atomic E-state index is 0.723. The molecule has 0 aliphatic heterocycles. The maximum atomic E-state index is 5.26. The predicted octanol–water partition coefficient (Wildman–Crippen LogP) is 4.14. The molecule has 0 saturated carbocycles. The number of pyridine rings is 1. The molecule has 0 unspecified atom stereocenters. The first kappa shape index (κ1) is 12.7. The van der Waals surface area contributed by atoms with Crippen molar-refractivity contribution < 1.29 is 4.42 Å². The van der Waals surface area contributed by atoms with Crippen molar-refractivity contribution in [3.63, 3.8) is 0 Å². The zero-order chi connectivity index (χ0) is 13.9. The molecule has 3 aromatic heterocycles. The highest BCUT2D eigenvalue weighted by Gasteiger charge is 1.97. The number of aromatic nitrogens is 3. The van der Waals surface area contributed by atoms with E-state index in [0.717, 1.165) is 27.6 Å². The normalized spacial score (nSPS) is 10.5. The topological polar surface area (TPSA) is 51.8 Å². The van der Waals surface area contributed by atoms with Gasteiger partial charge in [-0.05, 0) is 31.2 Å². The van der Waals surface area contributed by atoms with Crippen LogP contribution in [0.5, 0.6) is 0 Å². The van der Waals surface area contributed by atoms with Crippen LogP contribution in [-0.2, 0) is 0 Å². The highest BCUT2D eigenvalue weighted by Crippen LogP contribution is 2.17. The van der Waals surface area contributed by atoms with Crippen molar-refractivity contribution in [1.29, 1.82) is 0 Å². The molecule has 100 valence electrons. The van der Waals surface area contributed by atoms with E-state index in [9.17, 15) is 0 Å². The van der Waals surface area contributed by atoms with Gasteiger partial charge in [0.05, 0.1) is 9.71 Å². The maximum Gasteiger partial charge on any atom is 0.192 e. The van der Waals surface area contributed by atoms with Crippen molar-refractivity contribution in [3.05, 3.63) is 53.5 Å². The number of para-hydroxylation sites is 2. The molecule has 0 spiro atoms. The molecule has 0 aliphatic rings. The molecule has 0 amide bonds. The third-order valence-electron chi connectivity index (χ3n) is 2.67. The lowest BCUT2D eigenvalue weighted by molar-refractivity contribution is 0.561. The summed E-state index contributed by atoms with van der Waals surface area (Å²) < 4.78 is 6.42. The van der Waals surface area contributed by atoms with E-state index in [-0.39, 0.29) is 0 Å². The van der Waals surface area contributed by atoms with Gasteiger partial charge in [0.2, 0.25) is 0 Å². The summed E-state index contributed by atoms with van der Waals surface area (Å²) in [6.45, 7) is 3.84. The summed E-state index contributed by atoms with van der Waals surface area (Å²) in [6, 6.07) is 11.7. The van der Waals surface area contributed by atoms with Gasteiger partial charge >= 0.3 is 0 Å². The summed E-state index contributed by atoms with van der Waals surface area (Å²) in [5, 5.41) is 1.08. The van der Waals surface area contributed by atoms with Gasteiger partial charge in [-0.1, -0.05) is 12.1 Å². The number of hydrogen-bond donors (Lipinski definition) is 0. The lowest BCUT2D eigenvalue weighted by Crippen LogP contribution is -1.72. The highest BCUT2D eigenvalue weighted by atomic mass is 32.1. The van der Waals surface area contributed by atoms with E-state index < -0.39 is 0 Å². The standard InChI is InChI=1S/C8H7NO.C7H6N2S/c1-6-9-7-4-2-3-5-8(7)10-6;1-5-9-7-6(10-5)3-2-4-8-7/h2-5H,1H3;2-4H,1H3. The lowest BCUT2D eigenvalue weighted by Gasteiger charge is -1.79. The molecular formula is C15H13N3OS. The zero-order valence-corrected chi connectivity index (χ0v) is 12.0. The number of thiazole rings is 1. The summed E-state index contributed by atoms with van der Waals surface area (Å²) in [5.41, 5.74) is 2.66. The Hall–Kier alpha value is -2.27. The van der Waals surface area contributed by atoms with Crippen LogP contribution in [0.1, 0.15) is 10.9 Å². The third-order valence-corrected chi connectivity index (χ3v) is 3.60. The molecule has 0 N–H and O–H groups in total. The molecule has 20 heavy (non-hydrogen) atoms. The highest BCUT2D eigenvalue weighted by molar-refractivity contribution is 7.18. The average Bonchev–Trinajstić information content (AvgIpc) is 2.99. The fourth-order valence-electron chi connectivity index (χ4n) is 1.86. The van der Waals surface area contributed by atoms with Crippen molar-refractivity contribution in [2.24, 2.45) is 0 Å². The van der Waals surface area contributed by atoms with E-state index in [1.807, 2.05) is 50.2 Å². The van der Waals surface area contributed by atoms with Crippen LogP contribution in [-0.4, -0.2) is 15.0 Å². The predicted molar refractivity (Wildman–Crippen MR) is 80.9 cm³/mol. The van der Waals surface area contributed by atoms with Crippen LogP contribution in [0.25, 0.3) is 21.4 Å². The van der Waals surface area contributed by atoms with Gasteiger partial charge in [-0.15, -0.1) is 11.3 Å². The Balaban J connectivity index is 0.000000121. The molecule has 4 rings (SSSR count). The molecule has 5 heteroatoms. The number of aryl methyl sites for hydroxylation is 2. The van der Waals surface area contributed by atoms with Gasteiger partial charge in [0.1, 0.15) is 5.52 Å². The molecule has 0 saturated heterocycles. The Morgan fingerprint density at radius 1 is 1.00 bits per heavy atom. The van der Waals surface area contributed by atoms with E-state index in [1.165, 1.54) is 4.70 Å². The number of nitrogens with zero attached hydrogens (tertiary/aromatic N) is 3. The smallest absolute Gasteiger partial charge is 0.192 e. The molecule has 0 bridgehead atoms. The molecule has 0 fully saturated rings. The van der Waals surface area contributed by atoms with Gasteiger partial charge < -0.3 is 4.42 Å². The van der Waals surface area contributed by atoms with Gasteiger partial charge in [0, 0.05) is 13.1 Å². The number of fused-ring (bicyclic) bond motifs is 2. The first-order valence-corrected chi connectivity index (χ1v) is 7.04. The average molecular weight is 283 g/mol. The van der Waals surface area contributed by atoms with Crippen molar-refractivity contribution in [2.45, 2.75) is 13.8 Å². The maximum absolute atomic E-state index is 5.26. The Morgan fingerprint density at radius 2 is 1.85 bits per heavy atom. The Labute approximate surface area is 120 Å². The van der Waals surface area contributed by atoms with Crippen LogP contribution in [0, 0.1) is 13.8 Å². The van der Waals surface area contributed by atoms with Gasteiger partial charge in [0.15, 0.2) is 17.1 Å². The summed E-state index contributed by atoms with van der Waals surface area (Å²) >= 11 is 1.68. The summed E-state index contributed by atoms with van der Waals surface area (Å²) in [7, 11) is 0. The van der Waals surface area contributed by atoms with E-state index in [2.05, 4.69) is 15.0 Å². The number of hydrogen-bond acceptors (Lipinski definition) is 5. The van der Waals surface area contributed by atoms with Crippen LogP contribution in [0.2, 0.25) is 0 Å². The van der Waals surface area contributed by atoms with Crippen molar-refractivity contribution in [1.82, 2.24) is 15.0 Å². The Morgan fingerprint density at radius 3 is 2.65 bits per heavy atom. The third kappa shape index (κ3) is 2.67. The molecule has 0 aliphatic carbocycles. The summed E-state index contributed by atoms with van der Waals surface area (Å²) in [6.07, 6.45) is 1.77. The fourth-order valence-corrected chi connectivity index (χ4v) is 2.65. The lowest BCUT2D eigenvalue weighted by atomic mass is 10.3. The van der Waals surface area contributed by atoms with E-state index in [0.29, 0.717) is 0 Å². The first-order chi connectivity index (χ1) is 9.72. The van der Waals surface area contributed by atoms with Crippen LogP contribution < -0.4 is 0 Å². The molecule has 1 aromatic carbocycles. The van der Waals surface area contributed by atoms with Crippen molar-refractivity contribution >= 4 is 32.8 Å². The number of benzene rings is 1. The number of oxazole rings is 1. The largest absolute Gasteiger partial charge is 0.441 e. The second-order valence-electron chi connectivity index (χ2n) is 4.26. The number of rotatable bonds is 0. The molecule has 4 aromatic rings. The Bertz CT molecular complexity index is 712.